The molecule has 17 heavy (non-hydrogen) atoms. The van der Waals surface area contributed by atoms with Gasteiger partial charge < -0.3 is 10.2 Å². The van der Waals surface area contributed by atoms with Crippen LogP contribution in [0.3, 0.4) is 0 Å². The molecule has 1 atom stereocenters. The minimum absolute atomic E-state index is 0.445. The van der Waals surface area contributed by atoms with E-state index in [1.165, 1.54) is 36.4 Å². The van der Waals surface area contributed by atoms with Crippen LogP contribution < -0.4 is 5.32 Å². The molecule has 1 N–H and O–H groups in total. The Bertz CT molecular complexity index is 370. The fourth-order valence-corrected chi connectivity index (χ4v) is 3.96. The average molecular weight is 251 g/mol. The lowest BCUT2D eigenvalue weighted by Gasteiger charge is -2.29. The van der Waals surface area contributed by atoms with Crippen molar-refractivity contribution in [2.45, 2.75) is 37.6 Å². The maximum Gasteiger partial charge on any atom is 0.0959 e. The second-order valence-electron chi connectivity index (χ2n) is 5.36. The SMILES string of the molecule is CN1CCNC(c2csc(C3CCCC3)n2)C1. The van der Waals surface area contributed by atoms with E-state index in [-0.39, 0.29) is 0 Å². The summed E-state index contributed by atoms with van der Waals surface area (Å²) in [7, 11) is 2.19. The topological polar surface area (TPSA) is 28.2 Å². The summed E-state index contributed by atoms with van der Waals surface area (Å²) in [5.74, 6) is 0.759. The molecule has 1 aliphatic carbocycles. The van der Waals surface area contributed by atoms with Gasteiger partial charge in [-0.3, -0.25) is 0 Å². The molecule has 3 rings (SSSR count). The molecule has 0 aromatic carbocycles. The summed E-state index contributed by atoms with van der Waals surface area (Å²) in [5.41, 5.74) is 1.27. The van der Waals surface area contributed by atoms with E-state index in [1.807, 2.05) is 11.3 Å². The maximum atomic E-state index is 4.88. The molecule has 1 aromatic rings. The zero-order chi connectivity index (χ0) is 11.7. The third-order valence-electron chi connectivity index (χ3n) is 3.98. The molecule has 1 unspecified atom stereocenters. The van der Waals surface area contributed by atoms with Gasteiger partial charge in [0.15, 0.2) is 0 Å². The van der Waals surface area contributed by atoms with E-state index in [9.17, 15) is 0 Å². The minimum atomic E-state index is 0.445. The second kappa shape index (κ2) is 5.04. The Morgan fingerprint density at radius 2 is 2.24 bits per heavy atom. The van der Waals surface area contributed by atoms with E-state index < -0.39 is 0 Å². The van der Waals surface area contributed by atoms with Gasteiger partial charge in [-0.2, -0.15) is 0 Å². The van der Waals surface area contributed by atoms with E-state index in [0.717, 1.165) is 25.6 Å². The van der Waals surface area contributed by atoms with Gasteiger partial charge in [-0.25, -0.2) is 4.98 Å². The van der Waals surface area contributed by atoms with Crippen LogP contribution in [0.1, 0.15) is 48.3 Å². The largest absolute Gasteiger partial charge is 0.306 e. The highest BCUT2D eigenvalue weighted by Gasteiger charge is 2.24. The summed E-state index contributed by atoms with van der Waals surface area (Å²) in [6, 6.07) is 0.445. The van der Waals surface area contributed by atoms with Gasteiger partial charge in [0.05, 0.1) is 16.7 Å². The van der Waals surface area contributed by atoms with Gasteiger partial charge in [-0.1, -0.05) is 12.8 Å². The standard InChI is InChI=1S/C13H21N3S/c1-16-7-6-14-11(8-16)12-9-17-13(15-12)10-4-2-3-5-10/h9-11,14H,2-8H2,1H3. The van der Waals surface area contributed by atoms with Gasteiger partial charge in [0, 0.05) is 30.9 Å². The molecule has 3 nitrogen and oxygen atoms in total. The van der Waals surface area contributed by atoms with Crippen LogP contribution in [0, 0.1) is 0 Å². The summed E-state index contributed by atoms with van der Waals surface area (Å²) >= 11 is 1.87. The molecule has 1 aromatic heterocycles. The van der Waals surface area contributed by atoms with Crippen LogP contribution in [0.15, 0.2) is 5.38 Å². The lowest BCUT2D eigenvalue weighted by Crippen LogP contribution is -2.43. The first-order valence-electron chi connectivity index (χ1n) is 6.70. The van der Waals surface area contributed by atoms with Crippen LogP contribution in [0.2, 0.25) is 0 Å². The number of likely N-dealkylation sites (N-methyl/N-ethyl adjacent to an activating group) is 1. The van der Waals surface area contributed by atoms with E-state index in [1.54, 1.807) is 0 Å². The van der Waals surface area contributed by atoms with Crippen LogP contribution in [-0.4, -0.2) is 36.6 Å². The highest BCUT2D eigenvalue weighted by Crippen LogP contribution is 2.36. The van der Waals surface area contributed by atoms with Crippen molar-refractivity contribution in [1.82, 2.24) is 15.2 Å². The van der Waals surface area contributed by atoms with Crippen molar-refractivity contribution in [3.63, 3.8) is 0 Å². The first-order valence-corrected chi connectivity index (χ1v) is 7.58. The number of nitrogens with zero attached hydrogens (tertiary/aromatic N) is 2. The number of piperazine rings is 1. The van der Waals surface area contributed by atoms with Gasteiger partial charge in [-0.05, 0) is 19.9 Å². The highest BCUT2D eigenvalue weighted by atomic mass is 32.1. The van der Waals surface area contributed by atoms with Gasteiger partial charge in [0.25, 0.3) is 0 Å². The van der Waals surface area contributed by atoms with Crippen LogP contribution in [0.25, 0.3) is 0 Å². The third-order valence-corrected chi connectivity index (χ3v) is 5.01. The van der Waals surface area contributed by atoms with E-state index in [0.29, 0.717) is 6.04 Å². The van der Waals surface area contributed by atoms with Crippen molar-refractivity contribution in [2.75, 3.05) is 26.7 Å². The summed E-state index contributed by atoms with van der Waals surface area (Å²) in [6.45, 7) is 3.32. The van der Waals surface area contributed by atoms with Gasteiger partial charge in [0.2, 0.25) is 0 Å². The summed E-state index contributed by atoms with van der Waals surface area (Å²) in [6.07, 6.45) is 5.49. The highest BCUT2D eigenvalue weighted by molar-refractivity contribution is 7.09. The normalized spacial score (nSPS) is 27.7. The Morgan fingerprint density at radius 3 is 3.00 bits per heavy atom. The Morgan fingerprint density at radius 1 is 1.41 bits per heavy atom. The molecular weight excluding hydrogens is 230 g/mol. The smallest absolute Gasteiger partial charge is 0.0959 e. The van der Waals surface area contributed by atoms with Gasteiger partial charge in [-0.15, -0.1) is 11.3 Å². The molecule has 0 amide bonds. The Balaban J connectivity index is 1.70. The van der Waals surface area contributed by atoms with Crippen molar-refractivity contribution in [2.24, 2.45) is 0 Å². The van der Waals surface area contributed by atoms with Gasteiger partial charge in [0.1, 0.15) is 0 Å². The number of nitrogens with one attached hydrogen (secondary N) is 1. The Hall–Kier alpha value is -0.450. The lowest BCUT2D eigenvalue weighted by atomic mass is 10.1. The zero-order valence-electron chi connectivity index (χ0n) is 10.5. The number of hydrogen-bond donors (Lipinski definition) is 1. The van der Waals surface area contributed by atoms with E-state index >= 15 is 0 Å². The van der Waals surface area contributed by atoms with Crippen molar-refractivity contribution in [1.29, 1.82) is 0 Å². The molecule has 0 bridgehead atoms. The van der Waals surface area contributed by atoms with Crippen LogP contribution in [-0.2, 0) is 0 Å². The Kier molecular flexibility index (Phi) is 3.45. The molecule has 1 saturated heterocycles. The minimum Gasteiger partial charge on any atom is -0.306 e. The van der Waals surface area contributed by atoms with Crippen molar-refractivity contribution >= 4 is 11.3 Å². The van der Waals surface area contributed by atoms with Crippen molar-refractivity contribution < 1.29 is 0 Å². The molecule has 1 saturated carbocycles. The summed E-state index contributed by atoms with van der Waals surface area (Å²) in [5, 5.41) is 7.22. The monoisotopic (exact) mass is 251 g/mol. The molecule has 2 aliphatic rings. The molecular formula is C13H21N3S. The zero-order valence-corrected chi connectivity index (χ0v) is 11.3. The van der Waals surface area contributed by atoms with Crippen LogP contribution >= 0.6 is 11.3 Å². The first kappa shape index (κ1) is 11.6. The average Bonchev–Trinajstić information content (AvgIpc) is 3.00. The molecule has 94 valence electrons. The van der Waals surface area contributed by atoms with Crippen LogP contribution in [0.5, 0.6) is 0 Å². The fraction of sp³-hybridized carbons (Fsp3) is 0.769. The molecule has 2 heterocycles. The quantitative estimate of drug-likeness (QED) is 0.874. The molecule has 0 radical (unpaired) electrons. The third kappa shape index (κ3) is 2.54. The number of thiazole rings is 1. The number of hydrogen-bond acceptors (Lipinski definition) is 4. The molecule has 4 heteroatoms. The summed E-state index contributed by atoms with van der Waals surface area (Å²) < 4.78 is 0. The predicted octanol–water partition coefficient (Wildman–Crippen LogP) is 2.38. The fourth-order valence-electron chi connectivity index (χ4n) is 2.92. The predicted molar refractivity (Wildman–Crippen MR) is 71.6 cm³/mol. The maximum absolute atomic E-state index is 4.88. The molecule has 1 aliphatic heterocycles. The number of rotatable bonds is 2. The van der Waals surface area contributed by atoms with Crippen molar-refractivity contribution in [3.05, 3.63) is 16.1 Å². The number of aromatic nitrogens is 1. The second-order valence-corrected chi connectivity index (χ2v) is 6.25. The van der Waals surface area contributed by atoms with E-state index in [2.05, 4.69) is 22.6 Å². The van der Waals surface area contributed by atoms with Crippen molar-refractivity contribution in [3.8, 4) is 0 Å². The molecule has 0 spiro atoms. The molecule has 2 fully saturated rings. The lowest BCUT2D eigenvalue weighted by molar-refractivity contribution is 0.238. The Labute approximate surface area is 107 Å². The first-order chi connectivity index (χ1) is 8.33. The van der Waals surface area contributed by atoms with Gasteiger partial charge >= 0.3 is 0 Å². The van der Waals surface area contributed by atoms with E-state index in [4.69, 9.17) is 4.98 Å². The van der Waals surface area contributed by atoms with Crippen LogP contribution in [0.4, 0.5) is 0 Å². The summed E-state index contributed by atoms with van der Waals surface area (Å²) in [4.78, 5) is 7.26.